The number of aromatic amines is 1. The van der Waals surface area contributed by atoms with Gasteiger partial charge in [-0.1, -0.05) is 11.8 Å². The molecule has 0 aromatic carbocycles. The normalized spacial score (nSPS) is 10.2. The molecule has 6 heteroatoms. The second-order valence-electron chi connectivity index (χ2n) is 3.10. The van der Waals surface area contributed by atoms with Crippen LogP contribution in [0.2, 0.25) is 0 Å². The molecule has 5 nitrogen and oxygen atoms in total. The molecule has 0 fully saturated rings. The van der Waals surface area contributed by atoms with E-state index < -0.39 is 0 Å². The second kappa shape index (κ2) is 5.69. The van der Waals surface area contributed by atoms with E-state index in [-0.39, 0.29) is 11.1 Å². The van der Waals surface area contributed by atoms with Crippen LogP contribution in [0.5, 0.6) is 0 Å². The van der Waals surface area contributed by atoms with Crippen LogP contribution in [0.3, 0.4) is 0 Å². The van der Waals surface area contributed by atoms with E-state index in [1.54, 1.807) is 0 Å². The van der Waals surface area contributed by atoms with Gasteiger partial charge in [0.2, 0.25) is 0 Å². The van der Waals surface area contributed by atoms with Crippen molar-refractivity contribution in [3.63, 3.8) is 0 Å². The van der Waals surface area contributed by atoms with Crippen LogP contribution in [0.15, 0.2) is 9.95 Å². The third kappa shape index (κ3) is 2.44. The molecule has 88 valence electrons. The zero-order valence-corrected chi connectivity index (χ0v) is 10.4. The maximum atomic E-state index is 11.6. The fourth-order valence-corrected chi connectivity index (χ4v) is 1.79. The van der Waals surface area contributed by atoms with Gasteiger partial charge in [0.15, 0.2) is 11.4 Å². The number of hydrogen-bond donors (Lipinski definition) is 1. The van der Waals surface area contributed by atoms with Gasteiger partial charge in [-0.15, -0.1) is 0 Å². The van der Waals surface area contributed by atoms with Crippen molar-refractivity contribution in [1.29, 1.82) is 0 Å². The van der Waals surface area contributed by atoms with E-state index in [4.69, 9.17) is 0 Å². The lowest BCUT2D eigenvalue weighted by Crippen LogP contribution is -2.28. The molecule has 0 saturated heterocycles. The molecule has 1 aromatic heterocycles. The topological polar surface area (TPSA) is 66.1 Å². The largest absolute Gasteiger partial charge is 0.356 e. The number of nitrogens with zero attached hydrogens (tertiary/aromatic N) is 2. The van der Waals surface area contributed by atoms with E-state index in [9.17, 15) is 9.59 Å². The molecule has 0 radical (unpaired) electrons. The second-order valence-corrected chi connectivity index (χ2v) is 3.90. The number of nitrogens with one attached hydrogen (secondary N) is 1. The highest BCUT2D eigenvalue weighted by Gasteiger charge is 2.14. The van der Waals surface area contributed by atoms with Gasteiger partial charge >= 0.3 is 0 Å². The fourth-order valence-electron chi connectivity index (χ4n) is 1.42. The molecule has 1 N–H and O–H groups in total. The summed E-state index contributed by atoms with van der Waals surface area (Å²) in [5.41, 5.74) is -0.280. The quantitative estimate of drug-likeness (QED) is 0.476. The van der Waals surface area contributed by atoms with E-state index in [1.165, 1.54) is 11.8 Å². The average Bonchev–Trinajstić information content (AvgIpc) is 2.30. The lowest BCUT2D eigenvalue weighted by atomic mass is 10.3. The molecule has 0 aliphatic heterocycles. The Morgan fingerprint density at radius 1 is 1.44 bits per heavy atom. The third-order valence-corrected chi connectivity index (χ3v) is 2.87. The SMILES string of the molecule is CCN(CC)c1nc(SC)[nH]c(=O)c1C=O. The average molecular weight is 241 g/mol. The van der Waals surface area contributed by atoms with E-state index >= 15 is 0 Å². The van der Waals surface area contributed by atoms with Gasteiger partial charge in [0.1, 0.15) is 11.4 Å². The van der Waals surface area contributed by atoms with Gasteiger partial charge < -0.3 is 9.88 Å². The summed E-state index contributed by atoms with van der Waals surface area (Å²) >= 11 is 1.35. The van der Waals surface area contributed by atoms with Crippen molar-refractivity contribution >= 4 is 23.9 Å². The molecule has 0 unspecified atom stereocenters. The number of aromatic nitrogens is 2. The summed E-state index contributed by atoms with van der Waals surface area (Å²) in [4.78, 5) is 31.2. The fraction of sp³-hybridized carbons (Fsp3) is 0.500. The van der Waals surface area contributed by atoms with Crippen LogP contribution in [-0.4, -0.2) is 35.6 Å². The summed E-state index contributed by atoms with van der Waals surface area (Å²) < 4.78 is 0. The first-order valence-corrected chi connectivity index (χ1v) is 6.28. The van der Waals surface area contributed by atoms with E-state index in [2.05, 4.69) is 9.97 Å². The summed E-state index contributed by atoms with van der Waals surface area (Å²) in [5.74, 6) is 0.466. The van der Waals surface area contributed by atoms with Crippen molar-refractivity contribution in [3.05, 3.63) is 15.9 Å². The van der Waals surface area contributed by atoms with Gasteiger partial charge in [0.25, 0.3) is 5.56 Å². The minimum absolute atomic E-state index is 0.0986. The summed E-state index contributed by atoms with van der Waals surface area (Å²) in [6.07, 6.45) is 2.38. The third-order valence-electron chi connectivity index (χ3n) is 2.29. The number of H-pyrrole nitrogens is 1. The summed E-state index contributed by atoms with van der Waals surface area (Å²) in [7, 11) is 0. The lowest BCUT2D eigenvalue weighted by Gasteiger charge is -2.21. The van der Waals surface area contributed by atoms with Gasteiger partial charge in [-0.2, -0.15) is 0 Å². The van der Waals surface area contributed by atoms with Crippen molar-refractivity contribution < 1.29 is 4.79 Å². The Balaban J connectivity index is 3.38. The summed E-state index contributed by atoms with van der Waals surface area (Å²) in [5, 5.41) is 0.525. The van der Waals surface area contributed by atoms with Gasteiger partial charge in [-0.05, 0) is 20.1 Å². The lowest BCUT2D eigenvalue weighted by molar-refractivity contribution is 0.112. The zero-order chi connectivity index (χ0) is 12.1. The van der Waals surface area contributed by atoms with Crippen molar-refractivity contribution in [1.82, 2.24) is 9.97 Å². The van der Waals surface area contributed by atoms with Crippen molar-refractivity contribution in [2.75, 3.05) is 24.2 Å². The minimum atomic E-state index is -0.378. The number of aldehydes is 1. The number of rotatable bonds is 5. The first-order valence-electron chi connectivity index (χ1n) is 5.06. The first kappa shape index (κ1) is 12.8. The number of carbonyl (C=O) groups is 1. The van der Waals surface area contributed by atoms with E-state index in [0.29, 0.717) is 30.3 Å². The Labute approximate surface area is 98.3 Å². The molecular formula is C10H15N3O2S. The van der Waals surface area contributed by atoms with Crippen LogP contribution in [-0.2, 0) is 0 Å². The van der Waals surface area contributed by atoms with E-state index in [0.717, 1.165) is 0 Å². The highest BCUT2D eigenvalue weighted by molar-refractivity contribution is 7.98. The predicted molar refractivity (Wildman–Crippen MR) is 65.6 cm³/mol. The Bertz CT molecular complexity index is 427. The number of hydrogen-bond acceptors (Lipinski definition) is 5. The maximum Gasteiger partial charge on any atom is 0.264 e. The monoisotopic (exact) mass is 241 g/mol. The minimum Gasteiger partial charge on any atom is -0.356 e. The highest BCUT2D eigenvalue weighted by Crippen LogP contribution is 2.16. The maximum absolute atomic E-state index is 11.6. The number of carbonyl (C=O) groups excluding carboxylic acids is 1. The van der Waals surface area contributed by atoms with Gasteiger partial charge in [-0.25, -0.2) is 4.98 Å². The molecule has 1 aromatic rings. The first-order chi connectivity index (χ1) is 7.67. The van der Waals surface area contributed by atoms with E-state index in [1.807, 2.05) is 25.0 Å². The van der Waals surface area contributed by atoms with Crippen molar-refractivity contribution in [2.45, 2.75) is 19.0 Å². The molecular weight excluding hydrogens is 226 g/mol. The predicted octanol–water partition coefficient (Wildman–Crippen LogP) is 1.15. The molecule has 0 atom stereocenters. The van der Waals surface area contributed by atoms with Crippen LogP contribution < -0.4 is 10.5 Å². The summed E-state index contributed by atoms with van der Waals surface area (Å²) in [6.45, 7) is 5.34. The highest BCUT2D eigenvalue weighted by atomic mass is 32.2. The summed E-state index contributed by atoms with van der Waals surface area (Å²) in [6, 6.07) is 0. The Morgan fingerprint density at radius 2 is 2.06 bits per heavy atom. The van der Waals surface area contributed by atoms with Gasteiger partial charge in [-0.3, -0.25) is 9.59 Å². The number of thioether (sulfide) groups is 1. The van der Waals surface area contributed by atoms with Crippen molar-refractivity contribution in [3.8, 4) is 0 Å². The Kier molecular flexibility index (Phi) is 4.54. The smallest absolute Gasteiger partial charge is 0.264 e. The zero-order valence-electron chi connectivity index (χ0n) is 9.61. The van der Waals surface area contributed by atoms with Crippen LogP contribution in [0, 0.1) is 0 Å². The molecule has 0 spiro atoms. The van der Waals surface area contributed by atoms with Crippen LogP contribution in [0.25, 0.3) is 0 Å². The van der Waals surface area contributed by atoms with Crippen LogP contribution in [0.4, 0.5) is 5.82 Å². The van der Waals surface area contributed by atoms with Gasteiger partial charge in [0, 0.05) is 13.1 Å². The Hall–Kier alpha value is -1.30. The van der Waals surface area contributed by atoms with Crippen LogP contribution in [0.1, 0.15) is 24.2 Å². The molecule has 16 heavy (non-hydrogen) atoms. The molecule has 0 aliphatic rings. The van der Waals surface area contributed by atoms with Gasteiger partial charge in [0.05, 0.1) is 0 Å². The molecule has 0 saturated carbocycles. The molecule has 1 heterocycles. The van der Waals surface area contributed by atoms with Crippen molar-refractivity contribution in [2.24, 2.45) is 0 Å². The van der Waals surface area contributed by atoms with Crippen LogP contribution >= 0.6 is 11.8 Å². The molecule has 0 amide bonds. The standard InChI is InChI=1S/C10H15N3O2S/c1-4-13(5-2)8-7(6-14)9(15)12-10(11-8)16-3/h6H,4-5H2,1-3H3,(H,11,12,15). The molecule has 0 aliphatic carbocycles. The Morgan fingerprint density at radius 3 is 2.50 bits per heavy atom. The number of anilines is 1. The molecule has 1 rings (SSSR count). The molecule has 0 bridgehead atoms.